The summed E-state index contributed by atoms with van der Waals surface area (Å²) >= 11 is 0. The number of hydrogen-bond donors (Lipinski definition) is 0. The summed E-state index contributed by atoms with van der Waals surface area (Å²) in [5.74, 6) is -0.341. The minimum absolute atomic E-state index is 0.341. The van der Waals surface area contributed by atoms with Gasteiger partial charge in [0.25, 0.3) is 5.91 Å². The van der Waals surface area contributed by atoms with Crippen molar-refractivity contribution in [2.75, 3.05) is 0 Å². The van der Waals surface area contributed by atoms with Crippen LogP contribution in [-0.2, 0) is 14.0 Å². The van der Waals surface area contributed by atoms with Crippen LogP contribution < -0.4 is 5.46 Å². The summed E-state index contributed by atoms with van der Waals surface area (Å²) in [5.41, 5.74) is 0.561. The molecular formula is C20H28BNO5. The molecule has 6 nitrogen and oxygen atoms in total. The van der Waals surface area contributed by atoms with E-state index in [2.05, 4.69) is 0 Å². The summed E-state index contributed by atoms with van der Waals surface area (Å²) in [6.45, 7) is 15.1. The number of rotatable bonds is 1. The highest BCUT2D eigenvalue weighted by Crippen LogP contribution is 2.38. The molecule has 0 aromatic heterocycles. The molecule has 0 aliphatic carbocycles. The summed E-state index contributed by atoms with van der Waals surface area (Å²) in [6, 6.07) is 5.04. The molecule has 0 unspecified atom stereocenters. The van der Waals surface area contributed by atoms with Crippen LogP contribution in [0.1, 0.15) is 77.4 Å². The van der Waals surface area contributed by atoms with Gasteiger partial charge in [-0.05, 0) is 72.5 Å². The predicted octanol–water partition coefficient (Wildman–Crippen LogP) is 3.44. The summed E-state index contributed by atoms with van der Waals surface area (Å²) in [5, 5.41) is 0. The average Bonchev–Trinajstić information content (AvgIpc) is 2.87. The topological polar surface area (TPSA) is 65.1 Å². The van der Waals surface area contributed by atoms with Crippen LogP contribution in [0.25, 0.3) is 0 Å². The van der Waals surface area contributed by atoms with E-state index in [9.17, 15) is 9.59 Å². The molecule has 1 fully saturated rings. The van der Waals surface area contributed by atoms with Crippen LogP contribution in [0.2, 0.25) is 0 Å². The van der Waals surface area contributed by atoms with E-state index in [0.717, 1.165) is 11.0 Å². The Kier molecular flexibility index (Phi) is 4.48. The third kappa shape index (κ3) is 3.38. The van der Waals surface area contributed by atoms with Gasteiger partial charge >= 0.3 is 13.2 Å². The number of carbonyl (C=O) groups is 2. The van der Waals surface area contributed by atoms with Gasteiger partial charge in [0, 0.05) is 5.56 Å². The molecule has 2 aliphatic rings. The molecule has 0 saturated carbocycles. The van der Waals surface area contributed by atoms with Gasteiger partial charge in [0.15, 0.2) is 0 Å². The molecule has 0 radical (unpaired) electrons. The highest BCUT2D eigenvalue weighted by atomic mass is 16.7. The number of hydrogen-bond acceptors (Lipinski definition) is 5. The quantitative estimate of drug-likeness (QED) is 0.706. The van der Waals surface area contributed by atoms with Gasteiger partial charge in [-0.2, -0.15) is 0 Å². The van der Waals surface area contributed by atoms with E-state index in [-0.39, 0.29) is 5.91 Å². The summed E-state index contributed by atoms with van der Waals surface area (Å²) in [7, 11) is -0.516. The Hall–Kier alpha value is -1.86. The lowest BCUT2D eigenvalue weighted by atomic mass is 9.77. The largest absolute Gasteiger partial charge is 0.494 e. The Morgan fingerprint density at radius 2 is 1.70 bits per heavy atom. The maximum absolute atomic E-state index is 12.7. The molecular weight excluding hydrogens is 345 g/mol. The van der Waals surface area contributed by atoms with E-state index >= 15 is 0 Å². The number of ether oxygens (including phenoxy) is 1. The lowest BCUT2D eigenvalue weighted by Crippen LogP contribution is -2.41. The fraction of sp³-hybridized carbons (Fsp3) is 0.600. The van der Waals surface area contributed by atoms with Crippen LogP contribution in [0.4, 0.5) is 4.79 Å². The Labute approximate surface area is 161 Å². The molecule has 1 aromatic carbocycles. The van der Waals surface area contributed by atoms with Gasteiger partial charge < -0.3 is 14.0 Å². The second-order valence-electron chi connectivity index (χ2n) is 9.27. The molecule has 0 spiro atoms. The standard InChI is InChI=1S/C20H28BNO5/c1-12-15-11-13(21-26-19(5,6)20(7,8)27-21)9-10-14(15)16(23)22(12)17(24)25-18(2,3)4/h9-12H,1-8H3/t12-/m1/s1. The van der Waals surface area contributed by atoms with Gasteiger partial charge in [-0.25, -0.2) is 9.69 Å². The lowest BCUT2D eigenvalue weighted by Gasteiger charge is -2.32. The molecule has 2 aliphatic heterocycles. The van der Waals surface area contributed by atoms with Crippen molar-refractivity contribution >= 4 is 24.6 Å². The molecule has 1 atom stereocenters. The fourth-order valence-electron chi connectivity index (χ4n) is 3.24. The molecule has 0 bridgehead atoms. The minimum atomic E-state index is -0.667. The Balaban J connectivity index is 1.88. The molecule has 1 saturated heterocycles. The Bertz CT molecular complexity index is 780. The van der Waals surface area contributed by atoms with Gasteiger partial charge in [-0.3, -0.25) is 4.79 Å². The zero-order chi connectivity index (χ0) is 20.4. The average molecular weight is 373 g/mol. The van der Waals surface area contributed by atoms with Crippen LogP contribution in [0.15, 0.2) is 18.2 Å². The van der Waals surface area contributed by atoms with Gasteiger partial charge in [0.2, 0.25) is 0 Å². The van der Waals surface area contributed by atoms with E-state index in [1.54, 1.807) is 26.8 Å². The number of carbonyl (C=O) groups excluding carboxylic acids is 2. The maximum Gasteiger partial charge on any atom is 0.494 e. The van der Waals surface area contributed by atoms with Crippen LogP contribution in [0, 0.1) is 0 Å². The van der Waals surface area contributed by atoms with Crippen LogP contribution in [0.3, 0.4) is 0 Å². The summed E-state index contributed by atoms with van der Waals surface area (Å²) in [6.07, 6.45) is -0.631. The van der Waals surface area contributed by atoms with Crippen molar-refractivity contribution in [3.8, 4) is 0 Å². The van der Waals surface area contributed by atoms with E-state index in [1.807, 2.05) is 46.8 Å². The first-order valence-corrected chi connectivity index (χ1v) is 9.29. The number of imide groups is 1. The van der Waals surface area contributed by atoms with E-state index in [0.29, 0.717) is 5.56 Å². The van der Waals surface area contributed by atoms with Crippen molar-refractivity contribution in [3.63, 3.8) is 0 Å². The number of benzene rings is 1. The Morgan fingerprint density at radius 3 is 2.22 bits per heavy atom. The zero-order valence-electron chi connectivity index (χ0n) is 17.4. The van der Waals surface area contributed by atoms with Gasteiger partial charge in [-0.1, -0.05) is 12.1 Å². The van der Waals surface area contributed by atoms with E-state index in [4.69, 9.17) is 14.0 Å². The molecule has 2 heterocycles. The van der Waals surface area contributed by atoms with Crippen molar-refractivity contribution in [1.82, 2.24) is 4.90 Å². The maximum atomic E-state index is 12.7. The molecule has 7 heteroatoms. The molecule has 0 N–H and O–H groups in total. The van der Waals surface area contributed by atoms with E-state index in [1.165, 1.54) is 4.90 Å². The Morgan fingerprint density at radius 1 is 1.15 bits per heavy atom. The first kappa shape index (κ1) is 19.9. The van der Waals surface area contributed by atoms with Crippen molar-refractivity contribution in [1.29, 1.82) is 0 Å². The third-order valence-electron chi connectivity index (χ3n) is 5.48. The number of amides is 2. The SMILES string of the molecule is C[C@@H]1c2cc(B3OC(C)(C)C(C)(C)O3)ccc2C(=O)N1C(=O)OC(C)(C)C. The lowest BCUT2D eigenvalue weighted by molar-refractivity contribution is 0.00578. The highest BCUT2D eigenvalue weighted by molar-refractivity contribution is 6.62. The van der Waals surface area contributed by atoms with E-state index < -0.39 is 36.1 Å². The third-order valence-corrected chi connectivity index (χ3v) is 5.48. The number of nitrogens with zero attached hydrogens (tertiary/aromatic N) is 1. The fourth-order valence-corrected chi connectivity index (χ4v) is 3.24. The first-order chi connectivity index (χ1) is 12.2. The second kappa shape index (κ2) is 6.07. The monoisotopic (exact) mass is 373 g/mol. The van der Waals surface area contributed by atoms with Crippen molar-refractivity contribution < 1.29 is 23.6 Å². The predicted molar refractivity (Wildman–Crippen MR) is 103 cm³/mol. The molecule has 3 rings (SSSR count). The van der Waals surface area contributed by atoms with Gasteiger partial charge in [-0.15, -0.1) is 0 Å². The summed E-state index contributed by atoms with van der Waals surface area (Å²) < 4.78 is 17.6. The molecule has 1 aromatic rings. The summed E-state index contributed by atoms with van der Waals surface area (Å²) in [4.78, 5) is 26.4. The molecule has 2 amide bonds. The zero-order valence-corrected chi connectivity index (χ0v) is 17.4. The van der Waals surface area contributed by atoms with Crippen LogP contribution in [-0.4, -0.2) is 40.8 Å². The van der Waals surface area contributed by atoms with Crippen molar-refractivity contribution in [2.45, 2.75) is 78.2 Å². The van der Waals surface area contributed by atoms with Crippen molar-refractivity contribution in [3.05, 3.63) is 29.3 Å². The first-order valence-electron chi connectivity index (χ1n) is 9.29. The smallest absolute Gasteiger partial charge is 0.443 e. The number of fused-ring (bicyclic) bond motifs is 1. The van der Waals surface area contributed by atoms with Crippen molar-refractivity contribution in [2.24, 2.45) is 0 Å². The molecule has 27 heavy (non-hydrogen) atoms. The van der Waals surface area contributed by atoms with Crippen LogP contribution >= 0.6 is 0 Å². The van der Waals surface area contributed by atoms with Gasteiger partial charge in [0.05, 0.1) is 17.2 Å². The second-order valence-corrected chi connectivity index (χ2v) is 9.27. The normalized spacial score (nSPS) is 23.6. The highest BCUT2D eigenvalue weighted by Gasteiger charge is 2.52. The molecule has 146 valence electrons. The van der Waals surface area contributed by atoms with Gasteiger partial charge in [0.1, 0.15) is 5.60 Å². The minimum Gasteiger partial charge on any atom is -0.443 e. The van der Waals surface area contributed by atoms with Crippen LogP contribution in [0.5, 0.6) is 0 Å².